The second-order valence-electron chi connectivity index (χ2n) is 12.4. The standard InChI is InChI=1S/C48H30O/c1-2-12-31(13-3-1)32-22-24-34(25-23-32)36-15-6-7-17-39(36)47-42-20-10-8-18-40(42)46(41-19-9-11-21-43(41)47)35-27-28-38-44-29-26-33-14-4-5-16-37(33)48(44)49-45(38)30-35/h1-30H/i1D,2D,3D,12D,13D. The zero-order valence-electron chi connectivity index (χ0n) is 31.3. The van der Waals surface area contributed by atoms with Gasteiger partial charge in [0.05, 0.1) is 6.85 Å². The van der Waals surface area contributed by atoms with E-state index < -0.39 is 6.04 Å². The highest BCUT2D eigenvalue weighted by atomic mass is 16.3. The van der Waals surface area contributed by atoms with E-state index in [1.54, 1.807) is 0 Å². The molecular formula is C48H30O. The Morgan fingerprint density at radius 3 is 1.63 bits per heavy atom. The first kappa shape index (κ1) is 23.0. The molecule has 0 radical (unpaired) electrons. The predicted molar refractivity (Wildman–Crippen MR) is 208 cm³/mol. The minimum Gasteiger partial charge on any atom is -0.455 e. The van der Waals surface area contributed by atoms with Gasteiger partial charge in [0.25, 0.3) is 0 Å². The van der Waals surface area contributed by atoms with Crippen LogP contribution in [0.2, 0.25) is 0 Å². The molecule has 0 saturated heterocycles. The van der Waals surface area contributed by atoms with Gasteiger partial charge in [-0.05, 0) is 89.6 Å². The summed E-state index contributed by atoms with van der Waals surface area (Å²) in [6.45, 7) is 0. The summed E-state index contributed by atoms with van der Waals surface area (Å²) in [5.74, 6) is 0. The van der Waals surface area contributed by atoms with Crippen LogP contribution in [-0.4, -0.2) is 0 Å². The van der Waals surface area contributed by atoms with Crippen LogP contribution < -0.4 is 0 Å². The minimum absolute atomic E-state index is 0.197. The Morgan fingerprint density at radius 2 is 0.918 bits per heavy atom. The van der Waals surface area contributed by atoms with Crippen LogP contribution in [0.5, 0.6) is 0 Å². The zero-order chi connectivity index (χ0) is 36.7. The number of fused-ring (bicyclic) bond motifs is 7. The zero-order valence-corrected chi connectivity index (χ0v) is 26.3. The van der Waals surface area contributed by atoms with Crippen LogP contribution in [0, 0.1) is 0 Å². The van der Waals surface area contributed by atoms with Crippen LogP contribution in [0.1, 0.15) is 6.85 Å². The first-order valence-electron chi connectivity index (χ1n) is 18.9. The topological polar surface area (TPSA) is 13.1 Å². The van der Waals surface area contributed by atoms with Crippen LogP contribution in [0.25, 0.3) is 98.8 Å². The summed E-state index contributed by atoms with van der Waals surface area (Å²) in [5.41, 5.74) is 8.96. The Kier molecular flexibility index (Phi) is 5.20. The van der Waals surface area contributed by atoms with Crippen molar-refractivity contribution in [3.05, 3.63) is 182 Å². The molecule has 1 aromatic heterocycles. The normalized spacial score (nSPS) is 13.1. The molecule has 0 aliphatic carbocycles. The Labute approximate surface area is 291 Å². The number of hydrogen-bond donors (Lipinski definition) is 0. The Morgan fingerprint density at radius 1 is 0.367 bits per heavy atom. The van der Waals surface area contributed by atoms with Gasteiger partial charge in [-0.15, -0.1) is 0 Å². The summed E-state index contributed by atoms with van der Waals surface area (Å²) in [6.07, 6.45) is 0. The van der Waals surface area contributed by atoms with Crippen molar-refractivity contribution in [2.24, 2.45) is 0 Å². The molecule has 0 amide bonds. The van der Waals surface area contributed by atoms with E-state index in [0.717, 1.165) is 87.6 Å². The van der Waals surface area contributed by atoms with E-state index in [1.807, 2.05) is 30.3 Å². The molecule has 0 bridgehead atoms. The Bertz CT molecular complexity index is 3070. The quantitative estimate of drug-likeness (QED) is 0.177. The third-order valence-electron chi connectivity index (χ3n) is 9.76. The van der Waals surface area contributed by atoms with Crippen molar-refractivity contribution in [1.82, 2.24) is 0 Å². The van der Waals surface area contributed by atoms with Gasteiger partial charge < -0.3 is 4.42 Å². The lowest BCUT2D eigenvalue weighted by Crippen LogP contribution is -1.92. The van der Waals surface area contributed by atoms with Gasteiger partial charge in [-0.1, -0.05) is 164 Å². The molecule has 10 aromatic rings. The number of rotatable bonds is 4. The molecule has 0 aliphatic rings. The maximum atomic E-state index is 8.49. The van der Waals surface area contributed by atoms with E-state index in [-0.39, 0.29) is 29.7 Å². The van der Waals surface area contributed by atoms with Crippen molar-refractivity contribution in [1.29, 1.82) is 0 Å². The van der Waals surface area contributed by atoms with Gasteiger partial charge in [0.15, 0.2) is 0 Å². The fourth-order valence-electron chi connectivity index (χ4n) is 7.55. The average molecular weight is 628 g/mol. The number of furan rings is 1. The first-order chi connectivity index (χ1) is 26.4. The van der Waals surface area contributed by atoms with E-state index in [1.165, 1.54) is 0 Å². The highest BCUT2D eigenvalue weighted by molar-refractivity contribution is 6.23. The van der Waals surface area contributed by atoms with E-state index in [4.69, 9.17) is 11.3 Å². The highest BCUT2D eigenvalue weighted by Gasteiger charge is 2.20. The number of hydrogen-bond acceptors (Lipinski definition) is 1. The molecule has 0 saturated carbocycles. The van der Waals surface area contributed by atoms with Crippen LogP contribution in [0.3, 0.4) is 0 Å². The van der Waals surface area contributed by atoms with Crippen LogP contribution in [-0.2, 0) is 0 Å². The molecule has 1 heteroatoms. The molecule has 10 rings (SSSR count). The molecular weight excluding hydrogens is 593 g/mol. The van der Waals surface area contributed by atoms with Crippen molar-refractivity contribution in [3.8, 4) is 44.5 Å². The second-order valence-corrected chi connectivity index (χ2v) is 12.4. The van der Waals surface area contributed by atoms with E-state index >= 15 is 0 Å². The Balaban J connectivity index is 1.16. The molecule has 0 aliphatic heterocycles. The van der Waals surface area contributed by atoms with Gasteiger partial charge in [0.2, 0.25) is 0 Å². The monoisotopic (exact) mass is 627 g/mol. The lowest BCUT2D eigenvalue weighted by Gasteiger charge is -2.19. The van der Waals surface area contributed by atoms with Gasteiger partial charge in [-0.2, -0.15) is 0 Å². The van der Waals surface area contributed by atoms with Crippen molar-refractivity contribution in [3.63, 3.8) is 0 Å². The maximum Gasteiger partial charge on any atom is 0.143 e. The van der Waals surface area contributed by atoms with Gasteiger partial charge in [-0.3, -0.25) is 0 Å². The summed E-state index contributed by atoms with van der Waals surface area (Å²) in [4.78, 5) is 0. The molecule has 1 nitrogen and oxygen atoms in total. The molecule has 1 heterocycles. The predicted octanol–water partition coefficient (Wildman–Crippen LogP) is 13.7. The summed E-state index contributed by atoms with van der Waals surface area (Å²) in [6, 6.07) is 50.9. The molecule has 0 fully saturated rings. The molecule has 228 valence electrons. The third kappa shape index (κ3) is 4.40. The minimum atomic E-state index is -0.395. The van der Waals surface area contributed by atoms with Crippen molar-refractivity contribution in [2.75, 3.05) is 0 Å². The average Bonchev–Trinajstić information content (AvgIpc) is 3.60. The van der Waals surface area contributed by atoms with Gasteiger partial charge in [0.1, 0.15) is 11.2 Å². The molecule has 0 atom stereocenters. The van der Waals surface area contributed by atoms with Crippen molar-refractivity contribution < 1.29 is 11.3 Å². The summed E-state index contributed by atoms with van der Waals surface area (Å²) >= 11 is 0. The lowest BCUT2D eigenvalue weighted by molar-refractivity contribution is 0.673. The van der Waals surface area contributed by atoms with Crippen molar-refractivity contribution >= 4 is 54.3 Å². The number of benzene rings is 9. The fourth-order valence-corrected chi connectivity index (χ4v) is 7.55. The second kappa shape index (κ2) is 11.1. The smallest absolute Gasteiger partial charge is 0.143 e. The Hall–Kier alpha value is -6.44. The van der Waals surface area contributed by atoms with Gasteiger partial charge in [0, 0.05) is 16.2 Å². The molecule has 0 spiro atoms. The molecule has 0 unspecified atom stereocenters. The first-order valence-corrected chi connectivity index (χ1v) is 16.4. The molecule has 9 aromatic carbocycles. The van der Waals surface area contributed by atoms with E-state index in [9.17, 15) is 0 Å². The summed E-state index contributed by atoms with van der Waals surface area (Å²) in [7, 11) is 0. The SMILES string of the molecule is [2H]c1c([2H])c([2H])c(-c2ccc(-c3ccccc3-c3c4ccccc4c(-c4ccc5c(c4)oc4c6ccccc6ccc54)c4ccccc34)cc2)c([2H])c1[2H]. The fraction of sp³-hybridized carbons (Fsp3) is 0. The van der Waals surface area contributed by atoms with Crippen LogP contribution in [0.15, 0.2) is 186 Å². The largest absolute Gasteiger partial charge is 0.455 e. The van der Waals surface area contributed by atoms with Crippen molar-refractivity contribution in [2.45, 2.75) is 0 Å². The van der Waals surface area contributed by atoms with Crippen LogP contribution >= 0.6 is 0 Å². The lowest BCUT2D eigenvalue weighted by atomic mass is 9.83. The van der Waals surface area contributed by atoms with Gasteiger partial charge in [-0.25, -0.2) is 0 Å². The van der Waals surface area contributed by atoms with Gasteiger partial charge >= 0.3 is 0 Å². The van der Waals surface area contributed by atoms with Crippen LogP contribution in [0.4, 0.5) is 0 Å². The molecule has 49 heavy (non-hydrogen) atoms. The molecule has 0 N–H and O–H groups in total. The highest BCUT2D eigenvalue weighted by Crippen LogP contribution is 2.47. The van der Waals surface area contributed by atoms with E-state index in [0.29, 0.717) is 5.56 Å². The summed E-state index contributed by atoms with van der Waals surface area (Å²) < 4.78 is 47.9. The summed E-state index contributed by atoms with van der Waals surface area (Å²) in [5, 5.41) is 9.00. The van der Waals surface area contributed by atoms with E-state index in [2.05, 4.69) is 121 Å². The third-order valence-corrected chi connectivity index (χ3v) is 9.76. The maximum absolute atomic E-state index is 8.49.